The molecule has 0 aliphatic heterocycles. The van der Waals surface area contributed by atoms with Crippen LogP contribution in [0, 0.1) is 5.41 Å². The Bertz CT molecular complexity index is 240. The number of likely N-dealkylation sites (N-methyl/N-ethyl adjacent to an activating group) is 1. The molecule has 0 spiro atoms. The van der Waals surface area contributed by atoms with Crippen LogP contribution in [0.3, 0.4) is 0 Å². The number of rotatable bonds is 4. The first-order chi connectivity index (χ1) is 7.37. The number of carbonyl (C=O) groups is 1. The highest BCUT2D eigenvalue weighted by Crippen LogP contribution is 2.37. The third kappa shape index (κ3) is 3.21. The van der Waals surface area contributed by atoms with Crippen molar-refractivity contribution in [2.24, 2.45) is 11.1 Å². The third-order valence-electron chi connectivity index (χ3n) is 4.09. The van der Waals surface area contributed by atoms with Gasteiger partial charge >= 0.3 is 0 Å². The van der Waals surface area contributed by atoms with E-state index < -0.39 is 0 Å². The van der Waals surface area contributed by atoms with Crippen LogP contribution in [0.25, 0.3) is 0 Å². The maximum Gasteiger partial charge on any atom is 0.234 e. The summed E-state index contributed by atoms with van der Waals surface area (Å²) < 4.78 is 0. The van der Waals surface area contributed by atoms with Gasteiger partial charge in [0.2, 0.25) is 5.91 Å². The van der Waals surface area contributed by atoms with Crippen LogP contribution in [-0.4, -0.2) is 29.9 Å². The number of nitrogens with zero attached hydrogens (tertiary/aromatic N) is 1. The molecule has 0 aromatic carbocycles. The molecule has 1 atom stereocenters. The van der Waals surface area contributed by atoms with Crippen molar-refractivity contribution < 1.29 is 4.79 Å². The van der Waals surface area contributed by atoms with Crippen molar-refractivity contribution in [1.29, 1.82) is 0 Å². The summed E-state index contributed by atoms with van der Waals surface area (Å²) >= 11 is 0. The summed E-state index contributed by atoms with van der Waals surface area (Å²) in [4.78, 5) is 13.5. The molecule has 1 aliphatic rings. The maximum atomic E-state index is 11.3. The molecular weight excluding hydrogens is 200 g/mol. The first-order valence-corrected chi connectivity index (χ1v) is 6.38. The van der Waals surface area contributed by atoms with Gasteiger partial charge in [-0.05, 0) is 44.6 Å². The van der Waals surface area contributed by atoms with Gasteiger partial charge in [-0.1, -0.05) is 20.8 Å². The van der Waals surface area contributed by atoms with Gasteiger partial charge in [0.05, 0.1) is 6.04 Å². The van der Waals surface area contributed by atoms with Crippen LogP contribution in [0.2, 0.25) is 0 Å². The molecule has 0 aromatic rings. The number of hydrogen-bond donors (Lipinski definition) is 1. The smallest absolute Gasteiger partial charge is 0.234 e. The standard InChI is InChI=1S/C13H26N2O/c1-5-11(12(14)16)15(4)10-6-8-13(2,3)9-7-10/h10-11H,5-9H2,1-4H3,(H2,14,16). The van der Waals surface area contributed by atoms with Crippen molar-refractivity contribution in [3.05, 3.63) is 0 Å². The monoisotopic (exact) mass is 226 g/mol. The molecule has 0 aromatic heterocycles. The quantitative estimate of drug-likeness (QED) is 0.798. The molecule has 0 saturated heterocycles. The van der Waals surface area contributed by atoms with Crippen LogP contribution >= 0.6 is 0 Å². The molecule has 3 nitrogen and oxygen atoms in total. The van der Waals surface area contributed by atoms with Crippen molar-refractivity contribution in [2.75, 3.05) is 7.05 Å². The van der Waals surface area contributed by atoms with Gasteiger partial charge in [-0.3, -0.25) is 9.69 Å². The molecule has 3 heteroatoms. The molecule has 1 saturated carbocycles. The van der Waals surface area contributed by atoms with Crippen LogP contribution in [0.1, 0.15) is 52.9 Å². The van der Waals surface area contributed by atoms with Crippen LogP contribution in [0.5, 0.6) is 0 Å². The van der Waals surface area contributed by atoms with Gasteiger partial charge in [0, 0.05) is 6.04 Å². The first-order valence-electron chi connectivity index (χ1n) is 6.38. The average Bonchev–Trinajstić information content (AvgIpc) is 2.17. The number of nitrogens with two attached hydrogens (primary N) is 1. The van der Waals surface area contributed by atoms with E-state index in [0.717, 1.165) is 6.42 Å². The Hall–Kier alpha value is -0.570. The molecule has 1 rings (SSSR count). The second-order valence-corrected chi connectivity index (χ2v) is 5.89. The molecule has 0 radical (unpaired) electrons. The summed E-state index contributed by atoms with van der Waals surface area (Å²) in [6, 6.07) is 0.441. The number of primary amides is 1. The average molecular weight is 226 g/mol. The van der Waals surface area contributed by atoms with E-state index in [9.17, 15) is 4.79 Å². The Morgan fingerprint density at radius 2 is 1.94 bits per heavy atom. The van der Waals surface area contributed by atoms with Crippen LogP contribution in [0.4, 0.5) is 0 Å². The predicted octanol–water partition coefficient (Wildman–Crippen LogP) is 2.15. The Labute approximate surface area is 99.4 Å². The first kappa shape index (κ1) is 13.5. The Balaban J connectivity index is 2.55. The third-order valence-corrected chi connectivity index (χ3v) is 4.09. The second kappa shape index (κ2) is 5.17. The minimum Gasteiger partial charge on any atom is -0.368 e. The number of carbonyl (C=O) groups excluding carboxylic acids is 1. The van der Waals surface area contributed by atoms with E-state index in [4.69, 9.17) is 5.73 Å². The zero-order valence-electron chi connectivity index (χ0n) is 11.1. The molecule has 1 unspecified atom stereocenters. The SMILES string of the molecule is CCC(C(N)=O)N(C)C1CCC(C)(C)CC1. The summed E-state index contributed by atoms with van der Waals surface area (Å²) in [5.74, 6) is -0.185. The highest BCUT2D eigenvalue weighted by Gasteiger charge is 2.32. The Morgan fingerprint density at radius 1 is 1.44 bits per heavy atom. The lowest BCUT2D eigenvalue weighted by atomic mass is 9.75. The van der Waals surface area contributed by atoms with E-state index in [0.29, 0.717) is 11.5 Å². The van der Waals surface area contributed by atoms with Gasteiger partial charge in [0.15, 0.2) is 0 Å². The number of hydrogen-bond acceptors (Lipinski definition) is 2. The van der Waals surface area contributed by atoms with Gasteiger partial charge < -0.3 is 5.73 Å². The molecule has 0 bridgehead atoms. The van der Waals surface area contributed by atoms with Crippen molar-refractivity contribution in [1.82, 2.24) is 4.90 Å². The summed E-state index contributed by atoms with van der Waals surface area (Å²) in [7, 11) is 2.04. The zero-order valence-corrected chi connectivity index (χ0v) is 11.1. The summed E-state index contributed by atoms with van der Waals surface area (Å²) in [6.07, 6.45) is 5.68. The Morgan fingerprint density at radius 3 is 2.31 bits per heavy atom. The van der Waals surface area contributed by atoms with Crippen molar-refractivity contribution in [3.8, 4) is 0 Å². The van der Waals surface area contributed by atoms with Crippen molar-refractivity contribution in [3.63, 3.8) is 0 Å². The van der Waals surface area contributed by atoms with E-state index in [1.54, 1.807) is 0 Å². The minimum atomic E-state index is -0.185. The second-order valence-electron chi connectivity index (χ2n) is 5.89. The normalized spacial score (nSPS) is 23.3. The van der Waals surface area contributed by atoms with E-state index >= 15 is 0 Å². The van der Waals surface area contributed by atoms with E-state index in [2.05, 4.69) is 18.7 Å². The predicted molar refractivity (Wildman–Crippen MR) is 67.1 cm³/mol. The lowest BCUT2D eigenvalue weighted by Gasteiger charge is -2.40. The van der Waals surface area contributed by atoms with E-state index in [-0.39, 0.29) is 11.9 Å². The molecular formula is C13H26N2O. The minimum absolute atomic E-state index is 0.0915. The fourth-order valence-electron chi connectivity index (χ4n) is 2.74. The van der Waals surface area contributed by atoms with Gasteiger partial charge in [0.1, 0.15) is 0 Å². The highest BCUT2D eigenvalue weighted by atomic mass is 16.1. The highest BCUT2D eigenvalue weighted by molar-refractivity contribution is 5.79. The molecule has 0 heterocycles. The summed E-state index contributed by atoms with van der Waals surface area (Å²) in [6.45, 7) is 6.68. The topological polar surface area (TPSA) is 46.3 Å². The lowest BCUT2D eigenvalue weighted by Crippen LogP contribution is -2.48. The van der Waals surface area contributed by atoms with E-state index in [1.165, 1.54) is 25.7 Å². The van der Waals surface area contributed by atoms with Gasteiger partial charge in [-0.15, -0.1) is 0 Å². The van der Waals surface area contributed by atoms with Crippen molar-refractivity contribution in [2.45, 2.75) is 65.0 Å². The molecule has 94 valence electrons. The fraction of sp³-hybridized carbons (Fsp3) is 0.923. The lowest BCUT2D eigenvalue weighted by molar-refractivity contribution is -0.124. The van der Waals surface area contributed by atoms with Crippen LogP contribution < -0.4 is 5.73 Å². The maximum absolute atomic E-state index is 11.3. The van der Waals surface area contributed by atoms with Crippen LogP contribution in [0.15, 0.2) is 0 Å². The molecule has 1 fully saturated rings. The largest absolute Gasteiger partial charge is 0.368 e. The summed E-state index contributed by atoms with van der Waals surface area (Å²) in [5, 5.41) is 0. The van der Waals surface area contributed by atoms with Gasteiger partial charge in [-0.2, -0.15) is 0 Å². The summed E-state index contributed by atoms with van der Waals surface area (Å²) in [5.41, 5.74) is 5.91. The molecule has 1 aliphatic carbocycles. The van der Waals surface area contributed by atoms with Crippen molar-refractivity contribution >= 4 is 5.91 Å². The van der Waals surface area contributed by atoms with Gasteiger partial charge in [-0.25, -0.2) is 0 Å². The van der Waals surface area contributed by atoms with Crippen LogP contribution in [-0.2, 0) is 4.79 Å². The number of amides is 1. The molecule has 1 amide bonds. The fourth-order valence-corrected chi connectivity index (χ4v) is 2.74. The Kier molecular flexibility index (Phi) is 4.36. The zero-order chi connectivity index (χ0) is 12.3. The molecule has 16 heavy (non-hydrogen) atoms. The molecule has 2 N–H and O–H groups in total. The van der Waals surface area contributed by atoms with Gasteiger partial charge in [0.25, 0.3) is 0 Å². The van der Waals surface area contributed by atoms with E-state index in [1.807, 2.05) is 14.0 Å².